The third kappa shape index (κ3) is 3.14. The van der Waals surface area contributed by atoms with Crippen LogP contribution >= 0.6 is 0 Å². The minimum absolute atomic E-state index is 0.0989. The van der Waals surface area contributed by atoms with Gasteiger partial charge in [0, 0.05) is 38.5 Å². The summed E-state index contributed by atoms with van der Waals surface area (Å²) in [4.78, 5) is 22.8. The maximum Gasteiger partial charge on any atom is 0.291 e. The average molecular weight is 359 g/mol. The summed E-state index contributed by atoms with van der Waals surface area (Å²) < 4.78 is 16.6. The first kappa shape index (κ1) is 16.9. The number of hydrogen-bond acceptors (Lipinski definition) is 8. The lowest BCUT2D eigenvalue weighted by Gasteiger charge is -2.43. The molecule has 1 amide bonds. The third-order valence-electron chi connectivity index (χ3n) is 5.07. The van der Waals surface area contributed by atoms with Crippen molar-refractivity contribution in [3.8, 4) is 5.75 Å². The van der Waals surface area contributed by atoms with Gasteiger partial charge in [0.2, 0.25) is 17.6 Å². The Labute approximate surface area is 150 Å². The highest BCUT2D eigenvalue weighted by Crippen LogP contribution is 2.39. The van der Waals surface area contributed by atoms with Gasteiger partial charge in [0.1, 0.15) is 0 Å². The van der Waals surface area contributed by atoms with E-state index in [1.54, 1.807) is 11.8 Å². The summed E-state index contributed by atoms with van der Waals surface area (Å²) in [7, 11) is 1.54. The van der Waals surface area contributed by atoms with Gasteiger partial charge in [0.25, 0.3) is 5.91 Å². The van der Waals surface area contributed by atoms with Crippen LogP contribution < -0.4 is 4.74 Å². The predicted molar refractivity (Wildman–Crippen MR) is 88.7 cm³/mol. The number of methoxy groups -OCH3 is 1. The van der Waals surface area contributed by atoms with E-state index in [4.69, 9.17) is 13.9 Å². The molecule has 2 aliphatic rings. The first-order valence-corrected chi connectivity index (χ1v) is 8.72. The molecule has 9 heteroatoms. The maximum absolute atomic E-state index is 12.8. The van der Waals surface area contributed by atoms with Crippen molar-refractivity contribution in [2.75, 3.05) is 26.8 Å². The van der Waals surface area contributed by atoms with Gasteiger partial charge in [-0.05, 0) is 12.8 Å². The van der Waals surface area contributed by atoms with Crippen LogP contribution in [0, 0.1) is 12.8 Å². The minimum atomic E-state index is -0.183. The molecule has 2 aromatic rings. The molecule has 0 N–H and O–H groups in total. The van der Waals surface area contributed by atoms with E-state index < -0.39 is 0 Å². The van der Waals surface area contributed by atoms with Gasteiger partial charge in [-0.15, -0.1) is 10.2 Å². The summed E-state index contributed by atoms with van der Waals surface area (Å²) >= 11 is 0. The van der Waals surface area contributed by atoms with Gasteiger partial charge >= 0.3 is 0 Å². The summed E-state index contributed by atoms with van der Waals surface area (Å²) in [6.07, 6.45) is 4.68. The molecule has 2 aliphatic heterocycles. The van der Waals surface area contributed by atoms with E-state index in [9.17, 15) is 4.79 Å². The van der Waals surface area contributed by atoms with Crippen LogP contribution in [0.4, 0.5) is 0 Å². The summed E-state index contributed by atoms with van der Waals surface area (Å²) in [5.74, 6) is 1.92. The first-order valence-electron chi connectivity index (χ1n) is 8.72. The maximum atomic E-state index is 12.8. The number of aryl methyl sites for hydroxylation is 1. The Morgan fingerprint density at radius 3 is 2.77 bits per heavy atom. The Bertz CT molecular complexity index is 778. The van der Waals surface area contributed by atoms with Gasteiger partial charge in [0.15, 0.2) is 5.75 Å². The van der Waals surface area contributed by atoms with Crippen molar-refractivity contribution in [2.24, 2.45) is 5.92 Å². The molecular formula is C17H21N5O4. The lowest BCUT2D eigenvalue weighted by atomic mass is 9.79. The van der Waals surface area contributed by atoms with E-state index in [-0.39, 0.29) is 29.7 Å². The van der Waals surface area contributed by atoms with E-state index in [0.717, 1.165) is 12.8 Å². The Morgan fingerprint density at radius 1 is 1.27 bits per heavy atom. The molecule has 0 aliphatic carbocycles. The Hall–Kier alpha value is -2.55. The van der Waals surface area contributed by atoms with Crippen molar-refractivity contribution in [1.82, 2.24) is 25.1 Å². The number of amides is 1. The zero-order valence-corrected chi connectivity index (χ0v) is 14.8. The molecule has 0 spiro atoms. The van der Waals surface area contributed by atoms with E-state index in [2.05, 4.69) is 20.2 Å². The summed E-state index contributed by atoms with van der Waals surface area (Å²) in [5.41, 5.74) is 0. The standard InChI is InChI=1S/C17H21N5O4/c1-10-20-21-16(26-10)12-4-6-25-14-3-5-22(9-13(12)14)17(23)15-18-7-11(24-2)8-19-15/h7-8,12-14H,3-6,9H2,1-2H3/t12-,13-,14-/m1/s1. The summed E-state index contributed by atoms with van der Waals surface area (Å²) in [5, 5.41) is 8.14. The molecule has 0 unspecified atom stereocenters. The van der Waals surface area contributed by atoms with Gasteiger partial charge in [-0.3, -0.25) is 4.79 Å². The highest BCUT2D eigenvalue weighted by atomic mass is 16.5. The van der Waals surface area contributed by atoms with Crippen LogP contribution in [0.25, 0.3) is 0 Å². The van der Waals surface area contributed by atoms with Crippen LogP contribution in [0.1, 0.15) is 41.2 Å². The highest BCUT2D eigenvalue weighted by molar-refractivity contribution is 5.90. The molecule has 2 fully saturated rings. The number of nitrogens with zero attached hydrogens (tertiary/aromatic N) is 5. The number of rotatable bonds is 3. The predicted octanol–water partition coefficient (Wildman–Crippen LogP) is 1.21. The van der Waals surface area contributed by atoms with E-state index in [0.29, 0.717) is 37.2 Å². The number of fused-ring (bicyclic) bond motifs is 1. The highest BCUT2D eigenvalue weighted by Gasteiger charge is 2.42. The second-order valence-electron chi connectivity index (χ2n) is 6.61. The van der Waals surface area contributed by atoms with Gasteiger partial charge in [0.05, 0.1) is 25.6 Å². The van der Waals surface area contributed by atoms with Gasteiger partial charge in [-0.25, -0.2) is 9.97 Å². The fourth-order valence-electron chi connectivity index (χ4n) is 3.74. The van der Waals surface area contributed by atoms with Crippen molar-refractivity contribution >= 4 is 5.91 Å². The molecule has 3 atom stereocenters. The SMILES string of the molecule is COc1cnc(C(=O)N2CC[C@H]3OCC[C@@H](c4nnc(C)o4)[C@H]3C2)nc1. The number of aromatic nitrogens is 4. The summed E-state index contributed by atoms with van der Waals surface area (Å²) in [6, 6.07) is 0. The van der Waals surface area contributed by atoms with Crippen molar-refractivity contribution in [2.45, 2.75) is 31.8 Å². The molecule has 2 aromatic heterocycles. The fourth-order valence-corrected chi connectivity index (χ4v) is 3.74. The van der Waals surface area contributed by atoms with Crippen molar-refractivity contribution < 1.29 is 18.7 Å². The Kier molecular flexibility index (Phi) is 4.54. The lowest BCUT2D eigenvalue weighted by molar-refractivity contribution is -0.0752. The average Bonchev–Trinajstić information content (AvgIpc) is 3.12. The summed E-state index contributed by atoms with van der Waals surface area (Å²) in [6.45, 7) is 3.63. The third-order valence-corrected chi connectivity index (χ3v) is 5.07. The molecule has 0 bridgehead atoms. The van der Waals surface area contributed by atoms with E-state index >= 15 is 0 Å². The minimum Gasteiger partial charge on any atom is -0.494 e. The molecule has 9 nitrogen and oxygen atoms in total. The van der Waals surface area contributed by atoms with Crippen LogP contribution in [0.2, 0.25) is 0 Å². The smallest absolute Gasteiger partial charge is 0.291 e. The largest absolute Gasteiger partial charge is 0.494 e. The zero-order valence-electron chi connectivity index (χ0n) is 14.8. The Balaban J connectivity index is 1.52. The topological polar surface area (TPSA) is 103 Å². The van der Waals surface area contributed by atoms with Crippen molar-refractivity contribution in [3.63, 3.8) is 0 Å². The quantitative estimate of drug-likeness (QED) is 0.805. The van der Waals surface area contributed by atoms with E-state index in [1.807, 2.05) is 0 Å². The fraction of sp³-hybridized carbons (Fsp3) is 0.588. The zero-order chi connectivity index (χ0) is 18.1. The van der Waals surface area contributed by atoms with Crippen molar-refractivity contribution in [3.05, 3.63) is 30.0 Å². The molecule has 4 heterocycles. The number of likely N-dealkylation sites (tertiary alicyclic amines) is 1. The molecule has 0 aromatic carbocycles. The molecule has 2 saturated heterocycles. The second kappa shape index (κ2) is 6.99. The molecule has 4 rings (SSSR count). The van der Waals surface area contributed by atoms with E-state index in [1.165, 1.54) is 19.5 Å². The van der Waals surface area contributed by atoms with Crippen LogP contribution in [0.5, 0.6) is 5.75 Å². The molecular weight excluding hydrogens is 338 g/mol. The number of piperidine rings is 1. The van der Waals surface area contributed by atoms with Crippen molar-refractivity contribution in [1.29, 1.82) is 0 Å². The monoisotopic (exact) mass is 359 g/mol. The lowest BCUT2D eigenvalue weighted by Crippen LogP contribution is -2.51. The van der Waals surface area contributed by atoms with Gasteiger partial charge in [-0.2, -0.15) is 0 Å². The normalized spacial score (nSPS) is 25.6. The van der Waals surface area contributed by atoms with Crippen LogP contribution in [-0.2, 0) is 4.74 Å². The molecule has 0 saturated carbocycles. The Morgan fingerprint density at radius 2 is 2.08 bits per heavy atom. The van der Waals surface area contributed by atoms with Crippen LogP contribution in [0.3, 0.4) is 0 Å². The second-order valence-corrected chi connectivity index (χ2v) is 6.61. The number of carbonyl (C=O) groups excluding carboxylic acids is 1. The van der Waals surface area contributed by atoms with Crippen LogP contribution in [-0.4, -0.2) is 63.9 Å². The molecule has 138 valence electrons. The number of ether oxygens (including phenoxy) is 2. The van der Waals surface area contributed by atoms with Crippen LogP contribution in [0.15, 0.2) is 16.8 Å². The first-order chi connectivity index (χ1) is 12.7. The van der Waals surface area contributed by atoms with Gasteiger partial charge < -0.3 is 18.8 Å². The molecule has 26 heavy (non-hydrogen) atoms. The number of carbonyl (C=O) groups is 1. The number of hydrogen-bond donors (Lipinski definition) is 0. The molecule has 0 radical (unpaired) electrons. The van der Waals surface area contributed by atoms with Gasteiger partial charge in [-0.1, -0.05) is 0 Å².